The molecule has 0 aliphatic rings. The summed E-state index contributed by atoms with van der Waals surface area (Å²) >= 11 is 3.23. The van der Waals surface area contributed by atoms with Crippen molar-refractivity contribution < 1.29 is 0 Å². The summed E-state index contributed by atoms with van der Waals surface area (Å²) in [4.78, 5) is 4.06. The number of aryl methyl sites for hydroxylation is 1. The first-order valence-electron chi connectivity index (χ1n) is 3.59. The Morgan fingerprint density at radius 3 is 2.27 bits per heavy atom. The van der Waals surface area contributed by atoms with Gasteiger partial charge in [0.15, 0.2) is 0 Å². The lowest BCUT2D eigenvalue weighted by atomic mass is 10.3. The zero-order chi connectivity index (χ0) is 8.85. The Morgan fingerprint density at radius 1 is 1.36 bits per heavy atom. The fourth-order valence-corrected chi connectivity index (χ4v) is 0.939. The Labute approximate surface area is 76.0 Å². The maximum absolute atomic E-state index is 5.51. The second kappa shape index (κ2) is 5.13. The van der Waals surface area contributed by atoms with Gasteiger partial charge in [-0.25, -0.2) is 4.98 Å². The van der Waals surface area contributed by atoms with Gasteiger partial charge in [0.25, 0.3) is 0 Å². The lowest BCUT2D eigenvalue weighted by Gasteiger charge is -1.96. The highest BCUT2D eigenvalue weighted by Gasteiger charge is 1.92. The molecule has 0 bridgehead atoms. The van der Waals surface area contributed by atoms with Crippen molar-refractivity contribution in [2.75, 3.05) is 5.73 Å². The van der Waals surface area contributed by atoms with Crippen LogP contribution in [0.2, 0.25) is 0 Å². The molecule has 0 aliphatic heterocycles. The number of hydrogen-bond acceptors (Lipinski definition) is 2. The minimum absolute atomic E-state index is 0.734. The van der Waals surface area contributed by atoms with Crippen LogP contribution in [0, 0.1) is 6.92 Å². The van der Waals surface area contributed by atoms with Gasteiger partial charge in [0.2, 0.25) is 0 Å². The molecule has 0 atom stereocenters. The summed E-state index contributed by atoms with van der Waals surface area (Å²) in [5, 5.41) is 0. The van der Waals surface area contributed by atoms with Gasteiger partial charge in [0, 0.05) is 0 Å². The molecule has 2 N–H and O–H groups in total. The molecule has 11 heavy (non-hydrogen) atoms. The Hall–Kier alpha value is -0.570. The Morgan fingerprint density at radius 2 is 1.91 bits per heavy atom. The first-order chi connectivity index (χ1) is 5.20. The van der Waals surface area contributed by atoms with Crippen LogP contribution >= 0.6 is 15.9 Å². The minimum Gasteiger partial charge on any atom is -0.397 e. The van der Waals surface area contributed by atoms with Gasteiger partial charge in [0.05, 0.1) is 11.4 Å². The van der Waals surface area contributed by atoms with Gasteiger partial charge in [-0.05, 0) is 35.0 Å². The lowest BCUT2D eigenvalue weighted by molar-refractivity contribution is 1.17. The standard InChI is InChI=1S/C6H7BrN2.C2H6/c1-4-5(8)2-3-6(7)9-4;1-2/h2-3H,8H2,1H3;1-2H3. The van der Waals surface area contributed by atoms with Crippen LogP contribution < -0.4 is 5.73 Å². The summed E-state index contributed by atoms with van der Waals surface area (Å²) in [7, 11) is 0. The molecule has 0 unspecified atom stereocenters. The fourth-order valence-electron chi connectivity index (χ4n) is 0.541. The third-order valence-corrected chi connectivity index (χ3v) is 1.53. The van der Waals surface area contributed by atoms with Crippen molar-refractivity contribution in [2.45, 2.75) is 20.8 Å². The number of hydrogen-bond donors (Lipinski definition) is 1. The molecule has 0 aromatic carbocycles. The van der Waals surface area contributed by atoms with Gasteiger partial charge in [0.1, 0.15) is 4.60 Å². The number of anilines is 1. The Kier molecular flexibility index (Phi) is 4.86. The normalized spacial score (nSPS) is 8.36. The van der Waals surface area contributed by atoms with E-state index in [1.54, 1.807) is 0 Å². The molecule has 3 heteroatoms. The smallest absolute Gasteiger partial charge is 0.106 e. The summed E-state index contributed by atoms with van der Waals surface area (Å²) in [5.74, 6) is 0. The van der Waals surface area contributed by atoms with E-state index in [0.29, 0.717) is 0 Å². The number of halogens is 1. The molecule has 1 aromatic heterocycles. The topological polar surface area (TPSA) is 38.9 Å². The monoisotopic (exact) mass is 216 g/mol. The maximum Gasteiger partial charge on any atom is 0.106 e. The quantitative estimate of drug-likeness (QED) is 0.678. The largest absolute Gasteiger partial charge is 0.397 e. The average Bonchev–Trinajstić information content (AvgIpc) is 2.02. The van der Waals surface area contributed by atoms with E-state index in [2.05, 4.69) is 20.9 Å². The van der Waals surface area contributed by atoms with Crippen molar-refractivity contribution in [1.29, 1.82) is 0 Å². The predicted molar refractivity (Wildman–Crippen MR) is 52.4 cm³/mol. The number of nitrogens with zero attached hydrogens (tertiary/aromatic N) is 1. The number of nitrogens with two attached hydrogens (primary N) is 1. The van der Waals surface area contributed by atoms with Gasteiger partial charge >= 0.3 is 0 Å². The van der Waals surface area contributed by atoms with E-state index in [-0.39, 0.29) is 0 Å². The van der Waals surface area contributed by atoms with Gasteiger partial charge in [-0.3, -0.25) is 0 Å². The van der Waals surface area contributed by atoms with Crippen LogP contribution in [0.25, 0.3) is 0 Å². The van der Waals surface area contributed by atoms with Crippen LogP contribution in [0.5, 0.6) is 0 Å². The van der Waals surface area contributed by atoms with E-state index in [1.807, 2.05) is 32.9 Å². The number of rotatable bonds is 0. The third-order valence-electron chi connectivity index (χ3n) is 1.09. The van der Waals surface area contributed by atoms with Crippen LogP contribution in [0.3, 0.4) is 0 Å². The summed E-state index contributed by atoms with van der Waals surface area (Å²) in [6.07, 6.45) is 0. The summed E-state index contributed by atoms with van der Waals surface area (Å²) in [6, 6.07) is 3.65. The summed E-state index contributed by atoms with van der Waals surface area (Å²) in [6.45, 7) is 5.88. The highest BCUT2D eigenvalue weighted by molar-refractivity contribution is 9.10. The molecule has 0 radical (unpaired) electrons. The molecular formula is C8H13BrN2. The van der Waals surface area contributed by atoms with Crippen molar-refractivity contribution >= 4 is 21.6 Å². The molecule has 1 rings (SSSR count). The third kappa shape index (κ3) is 3.37. The van der Waals surface area contributed by atoms with E-state index >= 15 is 0 Å². The number of pyridine rings is 1. The van der Waals surface area contributed by atoms with Gasteiger partial charge in [-0.15, -0.1) is 0 Å². The molecule has 2 nitrogen and oxygen atoms in total. The van der Waals surface area contributed by atoms with Gasteiger partial charge in [-0.2, -0.15) is 0 Å². The molecule has 0 saturated carbocycles. The fraction of sp³-hybridized carbons (Fsp3) is 0.375. The zero-order valence-electron chi connectivity index (χ0n) is 7.06. The van der Waals surface area contributed by atoms with E-state index in [4.69, 9.17) is 5.73 Å². The number of nitrogen functional groups attached to an aromatic ring is 1. The van der Waals surface area contributed by atoms with E-state index in [0.717, 1.165) is 16.0 Å². The van der Waals surface area contributed by atoms with Crippen LogP contribution in [0.1, 0.15) is 19.5 Å². The first kappa shape index (κ1) is 10.4. The van der Waals surface area contributed by atoms with E-state index in [1.165, 1.54) is 0 Å². The molecule has 1 heterocycles. The molecule has 62 valence electrons. The molecule has 0 fully saturated rings. The Balaban J connectivity index is 0.000000461. The SMILES string of the molecule is CC.Cc1nc(Br)ccc1N. The average molecular weight is 217 g/mol. The van der Waals surface area contributed by atoms with E-state index < -0.39 is 0 Å². The second-order valence-corrected chi connectivity index (χ2v) is 2.62. The summed E-state index contributed by atoms with van der Waals surface area (Å²) < 4.78 is 0.828. The van der Waals surface area contributed by atoms with Crippen molar-refractivity contribution in [1.82, 2.24) is 4.98 Å². The Bertz CT molecular complexity index is 223. The van der Waals surface area contributed by atoms with Gasteiger partial charge < -0.3 is 5.73 Å². The van der Waals surface area contributed by atoms with Crippen LogP contribution in [-0.4, -0.2) is 4.98 Å². The van der Waals surface area contributed by atoms with Crippen molar-refractivity contribution in [2.24, 2.45) is 0 Å². The van der Waals surface area contributed by atoms with Crippen LogP contribution in [0.4, 0.5) is 5.69 Å². The molecule has 0 amide bonds. The molecule has 0 aliphatic carbocycles. The molecule has 0 saturated heterocycles. The van der Waals surface area contributed by atoms with Crippen molar-refractivity contribution in [3.8, 4) is 0 Å². The van der Waals surface area contributed by atoms with Gasteiger partial charge in [-0.1, -0.05) is 13.8 Å². The highest BCUT2D eigenvalue weighted by Crippen LogP contribution is 2.11. The lowest BCUT2D eigenvalue weighted by Crippen LogP contribution is -1.91. The zero-order valence-corrected chi connectivity index (χ0v) is 8.64. The van der Waals surface area contributed by atoms with Crippen molar-refractivity contribution in [3.05, 3.63) is 22.4 Å². The second-order valence-electron chi connectivity index (χ2n) is 1.81. The van der Waals surface area contributed by atoms with Crippen molar-refractivity contribution in [3.63, 3.8) is 0 Å². The molecule has 0 spiro atoms. The van der Waals surface area contributed by atoms with E-state index in [9.17, 15) is 0 Å². The van der Waals surface area contributed by atoms with Crippen LogP contribution in [0.15, 0.2) is 16.7 Å². The highest BCUT2D eigenvalue weighted by atomic mass is 79.9. The first-order valence-corrected chi connectivity index (χ1v) is 4.38. The minimum atomic E-state index is 0.734. The maximum atomic E-state index is 5.51. The summed E-state index contributed by atoms with van der Waals surface area (Å²) in [5.41, 5.74) is 7.10. The van der Waals surface area contributed by atoms with Crippen LogP contribution in [-0.2, 0) is 0 Å². The predicted octanol–water partition coefficient (Wildman–Crippen LogP) is 2.76. The molecular weight excluding hydrogens is 204 g/mol. The number of aromatic nitrogens is 1. The molecule has 1 aromatic rings.